The first kappa shape index (κ1) is 16.9. The molecule has 3 heteroatoms. The van der Waals surface area contributed by atoms with Crippen molar-refractivity contribution in [2.75, 3.05) is 0 Å². The molecule has 144 valence electrons. The average Bonchev–Trinajstić information content (AvgIpc) is 3.43. The average molecular weight is 380 g/mol. The normalized spacial score (nSPS) is 21.8. The monoisotopic (exact) mass is 380 g/mol. The van der Waals surface area contributed by atoms with E-state index in [1.807, 2.05) is 0 Å². The zero-order chi connectivity index (χ0) is 19.3. The van der Waals surface area contributed by atoms with Crippen LogP contribution in [-0.2, 0) is 0 Å². The maximum Gasteiger partial charge on any atom is 0.180 e. The number of para-hydroxylation sites is 1. The maximum absolute atomic E-state index is 6.59. The van der Waals surface area contributed by atoms with Crippen LogP contribution in [0.3, 0.4) is 0 Å². The van der Waals surface area contributed by atoms with Crippen molar-refractivity contribution in [2.24, 2.45) is 0 Å². The Morgan fingerprint density at radius 1 is 0.759 bits per heavy atom. The third kappa shape index (κ3) is 2.69. The smallest absolute Gasteiger partial charge is 0.180 e. The molecule has 2 heterocycles. The Bertz CT molecular complexity index is 1070. The van der Waals surface area contributed by atoms with Crippen molar-refractivity contribution in [3.05, 3.63) is 96.1 Å². The number of nitrogens with zero attached hydrogens (tertiary/aromatic N) is 1. The number of fused-ring (bicyclic) bond motifs is 4. The summed E-state index contributed by atoms with van der Waals surface area (Å²) in [5.41, 5.74) is 9.59. The molecule has 29 heavy (non-hydrogen) atoms. The summed E-state index contributed by atoms with van der Waals surface area (Å²) >= 11 is 0. The highest BCUT2D eigenvalue weighted by molar-refractivity contribution is 5.71. The second kappa shape index (κ2) is 6.50. The third-order valence-electron chi connectivity index (χ3n) is 6.51. The molecule has 1 fully saturated rings. The van der Waals surface area contributed by atoms with E-state index < -0.39 is 0 Å². The molecule has 1 saturated carbocycles. The van der Waals surface area contributed by atoms with E-state index in [1.165, 1.54) is 40.8 Å². The molecule has 3 aromatic carbocycles. The van der Waals surface area contributed by atoms with Crippen molar-refractivity contribution in [3.8, 4) is 16.9 Å². The molecule has 1 N–H and O–H groups in total. The molecule has 0 aromatic heterocycles. The molecule has 0 bridgehead atoms. The van der Waals surface area contributed by atoms with Crippen molar-refractivity contribution in [3.63, 3.8) is 0 Å². The Hall–Kier alpha value is -3.04. The molecule has 1 aliphatic carbocycles. The summed E-state index contributed by atoms with van der Waals surface area (Å²) in [7, 11) is 0. The molecule has 3 nitrogen and oxygen atoms in total. The van der Waals surface area contributed by atoms with Gasteiger partial charge in [0, 0.05) is 18.4 Å². The molecule has 3 aliphatic rings. The van der Waals surface area contributed by atoms with E-state index in [9.17, 15) is 0 Å². The van der Waals surface area contributed by atoms with Gasteiger partial charge in [0.15, 0.2) is 5.72 Å². The quantitative estimate of drug-likeness (QED) is 0.597. The van der Waals surface area contributed by atoms with Gasteiger partial charge in [-0.2, -0.15) is 5.01 Å². The lowest BCUT2D eigenvalue weighted by Gasteiger charge is -2.46. The van der Waals surface area contributed by atoms with Crippen LogP contribution in [0.1, 0.15) is 42.9 Å². The van der Waals surface area contributed by atoms with Crippen LogP contribution in [0, 0.1) is 0 Å². The number of rotatable bonds is 2. The van der Waals surface area contributed by atoms with E-state index in [-0.39, 0.29) is 11.8 Å². The summed E-state index contributed by atoms with van der Waals surface area (Å²) < 4.78 is 6.59. The van der Waals surface area contributed by atoms with Gasteiger partial charge < -0.3 is 10.2 Å². The summed E-state index contributed by atoms with van der Waals surface area (Å²) in [5.74, 6) is 1.04. The molecular weight excluding hydrogens is 356 g/mol. The Morgan fingerprint density at radius 2 is 1.41 bits per heavy atom. The Labute approximate surface area is 171 Å². The van der Waals surface area contributed by atoms with Gasteiger partial charge >= 0.3 is 0 Å². The fourth-order valence-corrected chi connectivity index (χ4v) is 5.03. The summed E-state index contributed by atoms with van der Waals surface area (Å²) in [5, 5.41) is 2.36. The van der Waals surface area contributed by atoms with Crippen LogP contribution in [0.25, 0.3) is 16.8 Å². The molecule has 1 atom stereocenters. The predicted octanol–water partition coefficient (Wildman–Crippen LogP) is 5.92. The van der Waals surface area contributed by atoms with Gasteiger partial charge in [-0.3, -0.25) is 0 Å². The fraction of sp³-hybridized carbons (Fsp3) is 0.231. The largest absolute Gasteiger partial charge is 0.471 e. The Morgan fingerprint density at radius 3 is 2.21 bits per heavy atom. The van der Waals surface area contributed by atoms with Gasteiger partial charge in [0.05, 0.1) is 11.7 Å². The van der Waals surface area contributed by atoms with Gasteiger partial charge in [0.1, 0.15) is 5.75 Å². The molecular formula is C26H24N2O. The molecule has 6 rings (SSSR count). The van der Waals surface area contributed by atoms with Crippen LogP contribution < -0.4 is 10.2 Å². The van der Waals surface area contributed by atoms with Crippen LogP contribution in [0.15, 0.2) is 84.9 Å². The lowest BCUT2D eigenvalue weighted by Crippen LogP contribution is -2.58. The topological polar surface area (TPSA) is 24.5 Å². The number of hydrogen-bond donors (Lipinski definition) is 1. The van der Waals surface area contributed by atoms with Crippen LogP contribution in [0.4, 0.5) is 0 Å². The van der Waals surface area contributed by atoms with E-state index in [1.54, 1.807) is 0 Å². The first-order valence-electron chi connectivity index (χ1n) is 10.5. The lowest BCUT2D eigenvalue weighted by molar-refractivity contribution is -0.125. The van der Waals surface area contributed by atoms with Gasteiger partial charge in [0.25, 0.3) is 0 Å². The second-order valence-electron chi connectivity index (χ2n) is 8.24. The number of nitrogens with one attached hydrogen (secondary N) is 1. The number of ether oxygens (including phenoxy) is 1. The fourth-order valence-electron chi connectivity index (χ4n) is 5.03. The minimum atomic E-state index is -0.235. The molecule has 0 amide bonds. The molecule has 3 aromatic rings. The maximum atomic E-state index is 6.59. The predicted molar refractivity (Wildman–Crippen MR) is 116 cm³/mol. The molecule has 0 saturated heterocycles. The molecule has 0 unspecified atom stereocenters. The summed E-state index contributed by atoms with van der Waals surface area (Å²) in [4.78, 5) is 0. The Balaban J connectivity index is 1.36. The van der Waals surface area contributed by atoms with Gasteiger partial charge in [-0.05, 0) is 41.7 Å². The highest BCUT2D eigenvalue weighted by atomic mass is 16.5. The third-order valence-corrected chi connectivity index (χ3v) is 6.51. The van der Waals surface area contributed by atoms with Crippen LogP contribution in [-0.4, -0.2) is 10.7 Å². The summed E-state index contributed by atoms with van der Waals surface area (Å²) in [6, 6.07) is 28.1. The SMILES string of the molecule is C1=C(c2ccc(-c3ccccc3)cc2)NN2[C@@H]1c1ccccc1OC21CCCC1. The number of benzene rings is 3. The zero-order valence-corrected chi connectivity index (χ0v) is 16.3. The van der Waals surface area contributed by atoms with E-state index in [0.29, 0.717) is 0 Å². The Kier molecular flexibility index (Phi) is 3.78. The minimum absolute atomic E-state index is 0.210. The van der Waals surface area contributed by atoms with E-state index >= 15 is 0 Å². The number of hydrogen-bond acceptors (Lipinski definition) is 3. The van der Waals surface area contributed by atoms with Crippen LogP contribution >= 0.6 is 0 Å². The van der Waals surface area contributed by atoms with E-state index in [0.717, 1.165) is 18.6 Å². The van der Waals surface area contributed by atoms with Gasteiger partial charge in [-0.15, -0.1) is 0 Å². The highest BCUT2D eigenvalue weighted by Crippen LogP contribution is 2.50. The molecule has 1 spiro atoms. The standard InChI is InChI=1S/C26H24N2O/c1-2-8-19(9-3-1)20-12-14-21(15-13-20)23-18-24-22-10-4-5-11-25(22)29-26(28(24)27-23)16-6-7-17-26/h1-5,8-15,18,24,27H,6-7,16-17H2/t24-/m0/s1. The van der Waals surface area contributed by atoms with Gasteiger partial charge in [-0.25, -0.2) is 0 Å². The first-order valence-corrected chi connectivity index (χ1v) is 10.5. The lowest BCUT2D eigenvalue weighted by atomic mass is 9.98. The molecule has 2 aliphatic heterocycles. The second-order valence-corrected chi connectivity index (χ2v) is 8.24. The van der Waals surface area contributed by atoms with Crippen molar-refractivity contribution >= 4 is 5.70 Å². The summed E-state index contributed by atoms with van der Waals surface area (Å²) in [6.07, 6.45) is 6.93. The van der Waals surface area contributed by atoms with Gasteiger partial charge in [-0.1, -0.05) is 72.8 Å². The van der Waals surface area contributed by atoms with Crippen molar-refractivity contribution in [1.29, 1.82) is 0 Å². The minimum Gasteiger partial charge on any atom is -0.471 e. The van der Waals surface area contributed by atoms with Gasteiger partial charge in [0.2, 0.25) is 0 Å². The highest BCUT2D eigenvalue weighted by Gasteiger charge is 2.51. The first-order chi connectivity index (χ1) is 14.3. The zero-order valence-electron chi connectivity index (χ0n) is 16.3. The van der Waals surface area contributed by atoms with Crippen LogP contribution in [0.5, 0.6) is 5.75 Å². The van der Waals surface area contributed by atoms with E-state index in [4.69, 9.17) is 4.74 Å². The van der Waals surface area contributed by atoms with Crippen LogP contribution in [0.2, 0.25) is 0 Å². The van der Waals surface area contributed by atoms with Crippen molar-refractivity contribution in [1.82, 2.24) is 10.4 Å². The number of hydrazine groups is 1. The summed E-state index contributed by atoms with van der Waals surface area (Å²) in [6.45, 7) is 0. The van der Waals surface area contributed by atoms with Crippen molar-refractivity contribution in [2.45, 2.75) is 37.5 Å². The van der Waals surface area contributed by atoms with Crippen molar-refractivity contribution < 1.29 is 4.74 Å². The molecule has 0 radical (unpaired) electrons. The van der Waals surface area contributed by atoms with E-state index in [2.05, 4.69) is 95.4 Å².